The van der Waals surface area contributed by atoms with Gasteiger partial charge in [0.25, 0.3) is 0 Å². The van der Waals surface area contributed by atoms with Gasteiger partial charge in [0, 0.05) is 23.7 Å². The number of rotatable bonds is 2. The molecule has 0 atom stereocenters. The number of nitrogens with one attached hydrogen (secondary N) is 1. The minimum Gasteiger partial charge on any atom is -0.343 e. The number of fused-ring (bicyclic) bond motifs is 3. The van der Waals surface area contributed by atoms with E-state index in [1.165, 1.54) is 16.9 Å². The van der Waals surface area contributed by atoms with Gasteiger partial charge in [-0.2, -0.15) is 0 Å². The van der Waals surface area contributed by atoms with Crippen LogP contribution in [0, 0.1) is 6.92 Å². The van der Waals surface area contributed by atoms with Crippen LogP contribution in [-0.2, 0) is 6.42 Å². The Morgan fingerprint density at radius 3 is 3.00 bits per heavy atom. The lowest BCUT2D eigenvalue weighted by Crippen LogP contribution is -2.07. The van der Waals surface area contributed by atoms with Gasteiger partial charge in [-0.05, 0) is 37.1 Å². The molecule has 0 aliphatic carbocycles. The Kier molecular flexibility index (Phi) is 2.33. The third-order valence-electron chi connectivity index (χ3n) is 3.88. The van der Waals surface area contributed by atoms with Crippen LogP contribution in [0.1, 0.15) is 18.2 Å². The first-order chi connectivity index (χ1) is 9.76. The Morgan fingerprint density at radius 2 is 2.25 bits per heavy atom. The molecular weight excluding hydrogens is 248 g/mol. The lowest BCUT2D eigenvalue weighted by molar-refractivity contribution is 1.09. The molecular formula is C16H16N4. The molecule has 4 heteroatoms. The molecule has 2 aromatic heterocycles. The summed E-state index contributed by atoms with van der Waals surface area (Å²) in [6, 6.07) is 6.38. The summed E-state index contributed by atoms with van der Waals surface area (Å²) in [4.78, 5) is 11.5. The predicted octanol–water partition coefficient (Wildman–Crippen LogP) is 3.10. The van der Waals surface area contributed by atoms with Gasteiger partial charge in [-0.15, -0.1) is 0 Å². The van der Waals surface area contributed by atoms with Crippen molar-refractivity contribution < 1.29 is 0 Å². The maximum Gasteiger partial charge on any atom is 0.154 e. The van der Waals surface area contributed by atoms with E-state index in [2.05, 4.69) is 34.3 Å². The fourth-order valence-corrected chi connectivity index (χ4v) is 2.62. The van der Waals surface area contributed by atoms with Gasteiger partial charge in [-0.1, -0.05) is 6.92 Å². The monoisotopic (exact) mass is 264 g/mol. The highest BCUT2D eigenvalue weighted by Crippen LogP contribution is 2.42. The van der Waals surface area contributed by atoms with Crippen molar-refractivity contribution in [3.8, 4) is 11.3 Å². The number of aryl methyl sites for hydroxylation is 2. The fourth-order valence-electron chi connectivity index (χ4n) is 2.62. The Hall–Kier alpha value is -2.36. The highest BCUT2D eigenvalue weighted by atomic mass is 15.3. The number of anilines is 2. The number of aromatic nitrogens is 2. The molecule has 0 unspecified atom stereocenters. The van der Waals surface area contributed by atoms with Gasteiger partial charge >= 0.3 is 0 Å². The van der Waals surface area contributed by atoms with Gasteiger partial charge < -0.3 is 10.2 Å². The van der Waals surface area contributed by atoms with Crippen LogP contribution < -0.4 is 10.2 Å². The zero-order valence-corrected chi connectivity index (χ0v) is 11.6. The van der Waals surface area contributed by atoms with Crippen LogP contribution in [0.25, 0.3) is 11.3 Å². The van der Waals surface area contributed by atoms with Gasteiger partial charge in [0.1, 0.15) is 0 Å². The Labute approximate surface area is 118 Å². The number of hydrogen-bond donors (Lipinski definition) is 1. The van der Waals surface area contributed by atoms with Gasteiger partial charge in [-0.25, -0.2) is 4.98 Å². The van der Waals surface area contributed by atoms with E-state index < -0.39 is 0 Å². The molecule has 2 aliphatic heterocycles. The molecule has 0 saturated carbocycles. The van der Waals surface area contributed by atoms with E-state index in [1.807, 2.05) is 25.4 Å². The van der Waals surface area contributed by atoms with Crippen LogP contribution >= 0.6 is 0 Å². The van der Waals surface area contributed by atoms with Gasteiger partial charge in [0.2, 0.25) is 0 Å². The van der Waals surface area contributed by atoms with Crippen LogP contribution in [-0.4, -0.2) is 16.5 Å². The summed E-state index contributed by atoms with van der Waals surface area (Å²) in [5.74, 6) is 0.944. The minimum atomic E-state index is 0.944. The van der Waals surface area contributed by atoms with Crippen LogP contribution in [0.4, 0.5) is 11.5 Å². The molecule has 0 amide bonds. The van der Waals surface area contributed by atoms with Crippen molar-refractivity contribution in [1.29, 1.82) is 0 Å². The average molecular weight is 264 g/mol. The van der Waals surface area contributed by atoms with Crippen molar-refractivity contribution in [2.45, 2.75) is 20.3 Å². The molecule has 20 heavy (non-hydrogen) atoms. The lowest BCUT2D eigenvalue weighted by atomic mass is 10.0. The SMILES string of the molecule is CCc1cc2c(nc1-c1ccc(C)nc1)NC=C1CN12. The summed E-state index contributed by atoms with van der Waals surface area (Å²) in [5.41, 5.74) is 6.95. The van der Waals surface area contributed by atoms with Crippen molar-refractivity contribution in [3.63, 3.8) is 0 Å². The molecule has 4 heterocycles. The summed E-state index contributed by atoms with van der Waals surface area (Å²) >= 11 is 0. The molecule has 0 spiro atoms. The van der Waals surface area contributed by atoms with E-state index in [1.54, 1.807) is 0 Å². The Bertz CT molecular complexity index is 716. The van der Waals surface area contributed by atoms with E-state index in [4.69, 9.17) is 4.98 Å². The first-order valence-electron chi connectivity index (χ1n) is 6.96. The highest BCUT2D eigenvalue weighted by Gasteiger charge is 2.33. The van der Waals surface area contributed by atoms with Crippen molar-refractivity contribution in [1.82, 2.24) is 9.97 Å². The number of hydrogen-bond acceptors (Lipinski definition) is 4. The van der Waals surface area contributed by atoms with E-state index in [0.29, 0.717) is 0 Å². The second-order valence-corrected chi connectivity index (χ2v) is 5.27. The normalized spacial score (nSPS) is 15.1. The van der Waals surface area contributed by atoms with E-state index in [9.17, 15) is 0 Å². The summed E-state index contributed by atoms with van der Waals surface area (Å²) in [6.45, 7) is 5.19. The van der Waals surface area contributed by atoms with Gasteiger partial charge in [0.15, 0.2) is 5.82 Å². The molecule has 100 valence electrons. The molecule has 1 N–H and O–H groups in total. The molecule has 4 rings (SSSR count). The third kappa shape index (κ3) is 1.68. The molecule has 0 bridgehead atoms. The van der Waals surface area contributed by atoms with E-state index >= 15 is 0 Å². The average Bonchev–Trinajstić information content (AvgIpc) is 3.26. The van der Waals surface area contributed by atoms with E-state index in [0.717, 1.165) is 35.7 Å². The maximum atomic E-state index is 4.82. The summed E-state index contributed by atoms with van der Waals surface area (Å²) in [6.07, 6.45) is 4.92. The van der Waals surface area contributed by atoms with Crippen molar-refractivity contribution in [2.24, 2.45) is 0 Å². The molecule has 4 nitrogen and oxygen atoms in total. The Balaban J connectivity index is 1.85. The first-order valence-corrected chi connectivity index (χ1v) is 6.96. The quantitative estimate of drug-likeness (QED) is 0.846. The second kappa shape index (κ2) is 4.07. The fraction of sp³-hybridized carbons (Fsp3) is 0.250. The minimum absolute atomic E-state index is 0.944. The topological polar surface area (TPSA) is 40.8 Å². The first kappa shape index (κ1) is 11.5. The van der Waals surface area contributed by atoms with Gasteiger partial charge in [-0.3, -0.25) is 4.98 Å². The summed E-state index contributed by atoms with van der Waals surface area (Å²) in [5, 5.41) is 3.29. The Morgan fingerprint density at radius 1 is 1.35 bits per heavy atom. The smallest absolute Gasteiger partial charge is 0.154 e. The third-order valence-corrected chi connectivity index (χ3v) is 3.88. The molecule has 0 aromatic carbocycles. The second-order valence-electron chi connectivity index (χ2n) is 5.27. The van der Waals surface area contributed by atoms with Gasteiger partial charge in [0.05, 0.1) is 23.6 Å². The summed E-state index contributed by atoms with van der Waals surface area (Å²) in [7, 11) is 0. The zero-order chi connectivity index (χ0) is 13.7. The molecule has 2 aliphatic rings. The zero-order valence-electron chi connectivity index (χ0n) is 11.6. The lowest BCUT2D eigenvalue weighted by Gasteiger charge is -2.17. The van der Waals surface area contributed by atoms with E-state index in [-0.39, 0.29) is 0 Å². The van der Waals surface area contributed by atoms with Crippen LogP contribution in [0.15, 0.2) is 36.3 Å². The van der Waals surface area contributed by atoms with Crippen LogP contribution in [0.2, 0.25) is 0 Å². The highest BCUT2D eigenvalue weighted by molar-refractivity contribution is 5.82. The molecule has 1 fully saturated rings. The van der Waals surface area contributed by atoms with Crippen LogP contribution in [0.3, 0.4) is 0 Å². The van der Waals surface area contributed by atoms with Crippen molar-refractivity contribution >= 4 is 11.5 Å². The van der Waals surface area contributed by atoms with Crippen molar-refractivity contribution in [2.75, 3.05) is 16.8 Å². The maximum absolute atomic E-state index is 4.82. The van der Waals surface area contributed by atoms with Crippen molar-refractivity contribution in [3.05, 3.63) is 47.6 Å². The molecule has 0 radical (unpaired) electrons. The molecule has 1 saturated heterocycles. The summed E-state index contributed by atoms with van der Waals surface area (Å²) < 4.78 is 0. The number of nitrogens with zero attached hydrogens (tertiary/aromatic N) is 3. The number of pyridine rings is 2. The predicted molar refractivity (Wildman–Crippen MR) is 80.6 cm³/mol. The van der Waals surface area contributed by atoms with Crippen LogP contribution in [0.5, 0.6) is 0 Å². The molecule has 2 aromatic rings. The largest absolute Gasteiger partial charge is 0.343 e. The standard InChI is InChI=1S/C16H16N4/c1-3-11-6-14-16(18-8-13-9-20(13)14)19-15(11)12-5-4-10(2)17-7-12/h4-8H,3,9H2,1-2H3,(H,18,19).